The SMILES string of the molecule is CCc1cc(=O)oc2c(CN3CC4CC(C3)c3cccc(=O)n3C4)c(O)ccc12. The van der Waals surface area contributed by atoms with Crippen molar-refractivity contribution < 1.29 is 9.52 Å². The summed E-state index contributed by atoms with van der Waals surface area (Å²) < 4.78 is 7.45. The maximum atomic E-state index is 12.2. The number of hydrogen-bond donors (Lipinski definition) is 1. The molecule has 6 heteroatoms. The van der Waals surface area contributed by atoms with Gasteiger partial charge in [0.25, 0.3) is 5.56 Å². The fourth-order valence-electron chi connectivity index (χ4n) is 5.13. The van der Waals surface area contributed by atoms with Crippen LogP contribution in [0.25, 0.3) is 11.0 Å². The first-order valence-corrected chi connectivity index (χ1v) is 10.2. The van der Waals surface area contributed by atoms with Gasteiger partial charge in [-0.15, -0.1) is 0 Å². The Morgan fingerprint density at radius 1 is 1.14 bits per heavy atom. The van der Waals surface area contributed by atoms with E-state index in [1.807, 2.05) is 29.7 Å². The van der Waals surface area contributed by atoms with Gasteiger partial charge in [0.2, 0.25) is 0 Å². The molecule has 0 saturated carbocycles. The van der Waals surface area contributed by atoms with Gasteiger partial charge in [-0.1, -0.05) is 13.0 Å². The number of rotatable bonds is 3. The van der Waals surface area contributed by atoms with E-state index in [2.05, 4.69) is 4.90 Å². The zero-order valence-electron chi connectivity index (χ0n) is 16.4. The summed E-state index contributed by atoms with van der Waals surface area (Å²) in [5, 5.41) is 11.4. The molecule has 1 fully saturated rings. The Balaban J connectivity index is 1.51. The zero-order valence-corrected chi connectivity index (χ0v) is 16.4. The number of nitrogens with zero attached hydrogens (tertiary/aromatic N) is 2. The van der Waals surface area contributed by atoms with Crippen molar-refractivity contribution in [1.82, 2.24) is 9.47 Å². The van der Waals surface area contributed by atoms with Gasteiger partial charge in [0.05, 0.1) is 5.56 Å². The Hall–Kier alpha value is -2.86. The second-order valence-electron chi connectivity index (χ2n) is 8.28. The van der Waals surface area contributed by atoms with Crippen molar-refractivity contribution in [1.29, 1.82) is 0 Å². The van der Waals surface area contributed by atoms with E-state index in [9.17, 15) is 14.7 Å². The smallest absolute Gasteiger partial charge is 0.336 e. The van der Waals surface area contributed by atoms with E-state index < -0.39 is 0 Å². The zero-order chi connectivity index (χ0) is 20.1. The average Bonchev–Trinajstić information content (AvgIpc) is 2.70. The molecule has 2 unspecified atom stereocenters. The average molecular weight is 392 g/mol. The van der Waals surface area contributed by atoms with Crippen molar-refractivity contribution in [2.24, 2.45) is 5.92 Å². The van der Waals surface area contributed by atoms with Crippen LogP contribution in [0, 0.1) is 5.92 Å². The molecule has 0 spiro atoms. The van der Waals surface area contributed by atoms with Crippen molar-refractivity contribution in [2.75, 3.05) is 13.1 Å². The van der Waals surface area contributed by atoms with Gasteiger partial charge in [-0.2, -0.15) is 0 Å². The molecule has 1 aromatic carbocycles. The highest BCUT2D eigenvalue weighted by Gasteiger charge is 2.34. The van der Waals surface area contributed by atoms with Crippen LogP contribution in [0.15, 0.2) is 50.4 Å². The molecule has 1 saturated heterocycles. The third-order valence-corrected chi connectivity index (χ3v) is 6.39. The second kappa shape index (κ2) is 6.88. The van der Waals surface area contributed by atoms with Crippen molar-refractivity contribution in [3.8, 4) is 5.75 Å². The first-order valence-electron chi connectivity index (χ1n) is 10.2. The van der Waals surface area contributed by atoms with Gasteiger partial charge in [0.1, 0.15) is 11.3 Å². The van der Waals surface area contributed by atoms with E-state index in [4.69, 9.17) is 4.42 Å². The molecule has 29 heavy (non-hydrogen) atoms. The molecule has 0 amide bonds. The molecule has 6 nitrogen and oxygen atoms in total. The second-order valence-corrected chi connectivity index (χ2v) is 8.28. The number of fused-ring (bicyclic) bond motifs is 5. The van der Waals surface area contributed by atoms with E-state index in [0.29, 0.717) is 29.5 Å². The number of pyridine rings is 1. The molecule has 2 aliphatic rings. The topological polar surface area (TPSA) is 75.7 Å². The summed E-state index contributed by atoms with van der Waals surface area (Å²) >= 11 is 0. The summed E-state index contributed by atoms with van der Waals surface area (Å²) in [5.74, 6) is 0.852. The number of piperidine rings is 1. The molecule has 4 heterocycles. The van der Waals surface area contributed by atoms with Gasteiger partial charge in [0, 0.05) is 55.3 Å². The van der Waals surface area contributed by atoms with Gasteiger partial charge in [-0.25, -0.2) is 4.79 Å². The summed E-state index contributed by atoms with van der Waals surface area (Å²) in [7, 11) is 0. The van der Waals surface area contributed by atoms with Crippen molar-refractivity contribution >= 4 is 11.0 Å². The first-order chi connectivity index (χ1) is 14.0. The molecule has 2 aromatic heterocycles. The van der Waals surface area contributed by atoms with E-state index >= 15 is 0 Å². The maximum absolute atomic E-state index is 12.2. The Morgan fingerprint density at radius 3 is 2.83 bits per heavy atom. The maximum Gasteiger partial charge on any atom is 0.336 e. The van der Waals surface area contributed by atoms with Crippen molar-refractivity contribution in [3.63, 3.8) is 0 Å². The molecular weight excluding hydrogens is 368 g/mol. The molecule has 2 bridgehead atoms. The molecule has 2 atom stereocenters. The van der Waals surface area contributed by atoms with Crippen molar-refractivity contribution in [3.05, 3.63) is 74.0 Å². The highest BCUT2D eigenvalue weighted by atomic mass is 16.4. The number of phenols is 1. The summed E-state index contributed by atoms with van der Waals surface area (Å²) in [6, 6.07) is 10.6. The third kappa shape index (κ3) is 3.08. The van der Waals surface area contributed by atoms with E-state index in [1.165, 1.54) is 6.07 Å². The number of aromatic hydroxyl groups is 1. The van der Waals surface area contributed by atoms with Crippen LogP contribution in [-0.4, -0.2) is 27.7 Å². The van der Waals surface area contributed by atoms with Gasteiger partial charge in [0.15, 0.2) is 0 Å². The summed E-state index contributed by atoms with van der Waals surface area (Å²) in [4.78, 5) is 26.6. The van der Waals surface area contributed by atoms with E-state index in [1.54, 1.807) is 12.1 Å². The third-order valence-electron chi connectivity index (χ3n) is 6.39. The fraction of sp³-hybridized carbons (Fsp3) is 0.391. The summed E-state index contributed by atoms with van der Waals surface area (Å²) in [5.41, 5.74) is 2.87. The molecule has 3 aromatic rings. The van der Waals surface area contributed by atoms with Gasteiger partial charge < -0.3 is 14.1 Å². The van der Waals surface area contributed by atoms with Crippen LogP contribution in [0.3, 0.4) is 0 Å². The van der Waals surface area contributed by atoms with Crippen LogP contribution < -0.4 is 11.2 Å². The van der Waals surface area contributed by atoms with Crippen LogP contribution >= 0.6 is 0 Å². The first kappa shape index (κ1) is 18.2. The number of benzene rings is 1. The molecule has 150 valence electrons. The van der Waals surface area contributed by atoms with Crippen LogP contribution in [0.5, 0.6) is 5.75 Å². The molecule has 1 N–H and O–H groups in total. The summed E-state index contributed by atoms with van der Waals surface area (Å²) in [6.45, 7) is 4.92. The number of likely N-dealkylation sites (tertiary alicyclic amines) is 1. The highest BCUT2D eigenvalue weighted by molar-refractivity contribution is 5.85. The lowest BCUT2D eigenvalue weighted by Gasteiger charge is -2.42. The molecule has 0 radical (unpaired) electrons. The Labute approximate surface area is 168 Å². The Morgan fingerprint density at radius 2 is 2.00 bits per heavy atom. The molecule has 5 rings (SSSR count). The van der Waals surface area contributed by atoms with E-state index in [-0.39, 0.29) is 16.9 Å². The minimum absolute atomic E-state index is 0.0752. The number of hydrogen-bond acceptors (Lipinski definition) is 5. The number of phenolic OH excluding ortho intramolecular Hbond substituents is 1. The van der Waals surface area contributed by atoms with E-state index in [0.717, 1.165) is 49.1 Å². The Kier molecular flexibility index (Phi) is 4.32. The fourth-order valence-corrected chi connectivity index (χ4v) is 5.13. The van der Waals surface area contributed by atoms with Crippen LogP contribution in [0.1, 0.15) is 36.1 Å². The van der Waals surface area contributed by atoms with Crippen LogP contribution in [0.4, 0.5) is 0 Å². The predicted molar refractivity (Wildman–Crippen MR) is 110 cm³/mol. The minimum Gasteiger partial charge on any atom is -0.507 e. The van der Waals surface area contributed by atoms with Gasteiger partial charge in [-0.05, 0) is 42.5 Å². The lowest BCUT2D eigenvalue weighted by Crippen LogP contribution is -2.46. The largest absolute Gasteiger partial charge is 0.507 e. The lowest BCUT2D eigenvalue weighted by molar-refractivity contribution is 0.113. The van der Waals surface area contributed by atoms with Gasteiger partial charge in [-0.3, -0.25) is 9.69 Å². The monoisotopic (exact) mass is 392 g/mol. The standard InChI is InChI=1S/C23H24N2O4/c1-2-15-9-22(28)29-23-17(15)6-7-20(26)18(23)13-24-10-14-8-16(12-24)19-4-3-5-21(27)25(19)11-14/h3-7,9,14,16,26H,2,8,10-13H2,1H3. The van der Waals surface area contributed by atoms with Crippen LogP contribution in [0.2, 0.25) is 0 Å². The quantitative estimate of drug-likeness (QED) is 0.694. The normalized spacial score (nSPS) is 21.3. The predicted octanol–water partition coefficient (Wildman–Crippen LogP) is 2.84. The Bertz CT molecular complexity index is 1210. The van der Waals surface area contributed by atoms with Gasteiger partial charge >= 0.3 is 5.63 Å². The highest BCUT2D eigenvalue weighted by Crippen LogP contribution is 2.37. The molecular formula is C23H24N2O4. The number of aryl methyl sites for hydroxylation is 1. The van der Waals surface area contributed by atoms with Crippen LogP contribution in [-0.2, 0) is 19.5 Å². The molecule has 0 aliphatic carbocycles. The lowest BCUT2D eigenvalue weighted by atomic mass is 9.83. The number of aromatic nitrogens is 1. The minimum atomic E-state index is -0.384. The van der Waals surface area contributed by atoms with Crippen molar-refractivity contribution in [2.45, 2.75) is 38.8 Å². The molecule has 2 aliphatic heterocycles. The summed E-state index contributed by atoms with van der Waals surface area (Å²) in [6.07, 6.45) is 1.81.